The molecule has 0 spiro atoms. The first-order chi connectivity index (χ1) is 8.65. The molecule has 0 saturated carbocycles. The van der Waals surface area contributed by atoms with Gasteiger partial charge in [0.1, 0.15) is 0 Å². The van der Waals surface area contributed by atoms with E-state index >= 15 is 0 Å². The third kappa shape index (κ3) is 5.07. The third-order valence-electron chi connectivity index (χ3n) is 3.64. The Balaban J connectivity index is 2.16. The van der Waals surface area contributed by atoms with Gasteiger partial charge in [0.25, 0.3) is 0 Å². The van der Waals surface area contributed by atoms with E-state index in [4.69, 9.17) is 0 Å². The molecule has 104 valence electrons. The minimum atomic E-state index is 0.0878. The van der Waals surface area contributed by atoms with Gasteiger partial charge in [-0.1, -0.05) is 20.3 Å². The molecule has 0 aromatic heterocycles. The molecule has 4 heteroatoms. The van der Waals surface area contributed by atoms with Gasteiger partial charge in [-0.2, -0.15) is 0 Å². The van der Waals surface area contributed by atoms with Crippen molar-refractivity contribution in [1.82, 2.24) is 10.2 Å². The lowest BCUT2D eigenvalue weighted by molar-refractivity contribution is -0.130. The Hall–Kier alpha value is -1.06. The number of rotatable bonds is 6. The molecule has 0 aromatic carbocycles. The van der Waals surface area contributed by atoms with Crippen molar-refractivity contribution < 1.29 is 9.59 Å². The summed E-state index contributed by atoms with van der Waals surface area (Å²) < 4.78 is 0. The fourth-order valence-corrected chi connectivity index (χ4v) is 2.12. The van der Waals surface area contributed by atoms with Crippen LogP contribution in [0.2, 0.25) is 0 Å². The molecule has 18 heavy (non-hydrogen) atoms. The summed E-state index contributed by atoms with van der Waals surface area (Å²) in [4.78, 5) is 25.2. The first-order valence-electron chi connectivity index (χ1n) is 7.20. The smallest absolute Gasteiger partial charge is 0.222 e. The van der Waals surface area contributed by atoms with E-state index in [1.807, 2.05) is 18.7 Å². The van der Waals surface area contributed by atoms with Crippen LogP contribution >= 0.6 is 0 Å². The number of hydrogen-bond donors (Lipinski definition) is 1. The number of nitrogens with one attached hydrogen (secondary N) is 1. The van der Waals surface area contributed by atoms with Crippen LogP contribution in [0.3, 0.4) is 0 Å². The summed E-state index contributed by atoms with van der Waals surface area (Å²) in [6.45, 7) is 6.29. The minimum Gasteiger partial charge on any atom is -0.356 e. The topological polar surface area (TPSA) is 49.4 Å². The highest BCUT2D eigenvalue weighted by Crippen LogP contribution is 2.11. The average Bonchev–Trinajstić information content (AvgIpc) is 2.58. The molecule has 0 bridgehead atoms. The number of likely N-dealkylation sites (tertiary alicyclic amines) is 1. The van der Waals surface area contributed by atoms with Crippen LogP contribution in [0.4, 0.5) is 0 Å². The molecular formula is C14H26N2O2. The van der Waals surface area contributed by atoms with Crippen LogP contribution < -0.4 is 5.32 Å². The normalized spacial score (nSPS) is 18.3. The molecule has 0 radical (unpaired) electrons. The minimum absolute atomic E-state index is 0.0878. The van der Waals surface area contributed by atoms with Crippen LogP contribution in [0.1, 0.15) is 52.4 Å². The SMILES string of the molecule is CCC(C)C(=O)NCCCN1CCCCCC1=O. The molecule has 1 rings (SSSR count). The van der Waals surface area contributed by atoms with E-state index in [9.17, 15) is 9.59 Å². The molecule has 1 heterocycles. The average molecular weight is 254 g/mol. The summed E-state index contributed by atoms with van der Waals surface area (Å²) in [5.41, 5.74) is 0. The maximum atomic E-state index is 11.7. The molecule has 0 aliphatic carbocycles. The number of amides is 2. The van der Waals surface area contributed by atoms with Gasteiger partial charge in [-0.25, -0.2) is 0 Å². The van der Waals surface area contributed by atoms with Gasteiger partial charge in [-0.05, 0) is 25.7 Å². The predicted octanol–water partition coefficient (Wildman–Crippen LogP) is 1.94. The molecule has 1 saturated heterocycles. The van der Waals surface area contributed by atoms with E-state index in [2.05, 4.69) is 5.32 Å². The van der Waals surface area contributed by atoms with Gasteiger partial charge in [-0.3, -0.25) is 9.59 Å². The van der Waals surface area contributed by atoms with E-state index < -0.39 is 0 Å². The number of hydrogen-bond acceptors (Lipinski definition) is 2. The molecule has 1 aliphatic rings. The number of carbonyl (C=O) groups is 2. The van der Waals surface area contributed by atoms with E-state index in [-0.39, 0.29) is 17.7 Å². The van der Waals surface area contributed by atoms with Crippen LogP contribution in [0.25, 0.3) is 0 Å². The van der Waals surface area contributed by atoms with Gasteiger partial charge in [0.2, 0.25) is 11.8 Å². The van der Waals surface area contributed by atoms with Crippen LogP contribution in [-0.4, -0.2) is 36.3 Å². The molecule has 0 aromatic rings. The van der Waals surface area contributed by atoms with Crippen molar-refractivity contribution in [3.05, 3.63) is 0 Å². The summed E-state index contributed by atoms with van der Waals surface area (Å²) in [7, 11) is 0. The highest BCUT2D eigenvalue weighted by molar-refractivity contribution is 5.78. The summed E-state index contributed by atoms with van der Waals surface area (Å²) in [5, 5.41) is 2.93. The zero-order valence-corrected chi connectivity index (χ0v) is 11.7. The zero-order valence-electron chi connectivity index (χ0n) is 11.7. The maximum Gasteiger partial charge on any atom is 0.222 e. The largest absolute Gasteiger partial charge is 0.356 e. The quantitative estimate of drug-likeness (QED) is 0.736. The van der Waals surface area contributed by atoms with Gasteiger partial charge in [-0.15, -0.1) is 0 Å². The Morgan fingerprint density at radius 2 is 2.17 bits per heavy atom. The molecule has 4 nitrogen and oxygen atoms in total. The van der Waals surface area contributed by atoms with Crippen LogP contribution in [0.15, 0.2) is 0 Å². The summed E-state index contributed by atoms with van der Waals surface area (Å²) in [6.07, 6.45) is 5.72. The maximum absolute atomic E-state index is 11.7. The van der Waals surface area contributed by atoms with Gasteiger partial charge in [0.05, 0.1) is 0 Å². The van der Waals surface area contributed by atoms with Gasteiger partial charge in [0, 0.05) is 32.0 Å². The van der Waals surface area contributed by atoms with Crippen molar-refractivity contribution >= 4 is 11.8 Å². The molecule has 1 aliphatic heterocycles. The Morgan fingerprint density at radius 3 is 2.89 bits per heavy atom. The van der Waals surface area contributed by atoms with E-state index in [1.54, 1.807) is 0 Å². The zero-order chi connectivity index (χ0) is 13.4. The van der Waals surface area contributed by atoms with Crippen LogP contribution in [0.5, 0.6) is 0 Å². The fourth-order valence-electron chi connectivity index (χ4n) is 2.12. The monoisotopic (exact) mass is 254 g/mol. The number of nitrogens with zero attached hydrogens (tertiary/aromatic N) is 1. The lowest BCUT2D eigenvalue weighted by atomic mass is 10.1. The molecule has 1 fully saturated rings. The fraction of sp³-hybridized carbons (Fsp3) is 0.857. The van der Waals surface area contributed by atoms with Crippen molar-refractivity contribution in [2.75, 3.05) is 19.6 Å². The standard InChI is InChI=1S/C14H26N2O2/c1-3-12(2)14(18)15-9-7-11-16-10-6-4-5-8-13(16)17/h12H,3-11H2,1-2H3,(H,15,18). The van der Waals surface area contributed by atoms with E-state index in [1.165, 1.54) is 0 Å². The first-order valence-corrected chi connectivity index (χ1v) is 7.20. The lowest BCUT2D eigenvalue weighted by Gasteiger charge is -2.20. The third-order valence-corrected chi connectivity index (χ3v) is 3.64. The van der Waals surface area contributed by atoms with Gasteiger partial charge >= 0.3 is 0 Å². The highest BCUT2D eigenvalue weighted by Gasteiger charge is 2.16. The van der Waals surface area contributed by atoms with Crippen molar-refractivity contribution in [2.24, 2.45) is 5.92 Å². The second-order valence-electron chi connectivity index (χ2n) is 5.15. The number of carbonyl (C=O) groups excluding carboxylic acids is 2. The molecular weight excluding hydrogens is 228 g/mol. The van der Waals surface area contributed by atoms with Gasteiger partial charge in [0.15, 0.2) is 0 Å². The molecule has 2 amide bonds. The second kappa shape index (κ2) is 8.11. The van der Waals surface area contributed by atoms with Gasteiger partial charge < -0.3 is 10.2 Å². The summed E-state index contributed by atoms with van der Waals surface area (Å²) in [5.74, 6) is 0.491. The summed E-state index contributed by atoms with van der Waals surface area (Å²) >= 11 is 0. The van der Waals surface area contributed by atoms with E-state index in [0.717, 1.165) is 45.2 Å². The summed E-state index contributed by atoms with van der Waals surface area (Å²) in [6, 6.07) is 0. The van der Waals surface area contributed by atoms with Crippen molar-refractivity contribution in [1.29, 1.82) is 0 Å². The van der Waals surface area contributed by atoms with Crippen molar-refractivity contribution in [3.8, 4) is 0 Å². The molecule has 1 N–H and O–H groups in total. The second-order valence-corrected chi connectivity index (χ2v) is 5.15. The van der Waals surface area contributed by atoms with Crippen LogP contribution in [0, 0.1) is 5.92 Å². The van der Waals surface area contributed by atoms with Crippen LogP contribution in [-0.2, 0) is 9.59 Å². The molecule has 1 atom stereocenters. The van der Waals surface area contributed by atoms with Crippen molar-refractivity contribution in [2.45, 2.75) is 52.4 Å². The molecule has 1 unspecified atom stereocenters. The highest BCUT2D eigenvalue weighted by atomic mass is 16.2. The van der Waals surface area contributed by atoms with E-state index in [0.29, 0.717) is 13.0 Å². The lowest BCUT2D eigenvalue weighted by Crippen LogP contribution is -2.35. The Bertz CT molecular complexity index is 279. The predicted molar refractivity (Wildman–Crippen MR) is 72.1 cm³/mol. The van der Waals surface area contributed by atoms with Crippen molar-refractivity contribution in [3.63, 3.8) is 0 Å². The first kappa shape index (κ1) is 15.0. The Kier molecular flexibility index (Phi) is 6.76. The Labute approximate surface area is 110 Å². The Morgan fingerprint density at radius 1 is 1.39 bits per heavy atom.